The molecule has 0 spiro atoms. The third-order valence-corrected chi connectivity index (χ3v) is 3.68. The van der Waals surface area contributed by atoms with Crippen LogP contribution in [0.5, 0.6) is 11.5 Å². The van der Waals surface area contributed by atoms with E-state index in [2.05, 4.69) is 15.3 Å². The summed E-state index contributed by atoms with van der Waals surface area (Å²) in [5, 5.41) is 4.22. The molecule has 3 aromatic carbocycles. The second kappa shape index (κ2) is 8.94. The molecule has 28 heavy (non-hydrogen) atoms. The molecule has 144 valence electrons. The number of para-hydroxylation sites is 1. The number of hydrogen-bond acceptors (Lipinski definition) is 4. The summed E-state index contributed by atoms with van der Waals surface area (Å²) < 4.78 is 46.1. The second-order valence-corrected chi connectivity index (χ2v) is 5.74. The van der Waals surface area contributed by atoms with Gasteiger partial charge >= 0.3 is 6.36 Å². The van der Waals surface area contributed by atoms with Gasteiger partial charge in [0.1, 0.15) is 18.1 Å². The third-order valence-electron chi connectivity index (χ3n) is 3.68. The zero-order valence-electron chi connectivity index (χ0n) is 14.7. The molecule has 0 amide bonds. The molecule has 0 fully saturated rings. The Morgan fingerprint density at radius 3 is 2.18 bits per heavy atom. The quantitative estimate of drug-likeness (QED) is 0.424. The molecule has 0 aliphatic rings. The zero-order chi connectivity index (χ0) is 19.8. The van der Waals surface area contributed by atoms with Crippen molar-refractivity contribution in [2.75, 3.05) is 5.43 Å². The number of anilines is 1. The van der Waals surface area contributed by atoms with Crippen LogP contribution in [0.1, 0.15) is 11.1 Å². The Kier molecular flexibility index (Phi) is 6.16. The van der Waals surface area contributed by atoms with Crippen molar-refractivity contribution >= 4 is 11.9 Å². The van der Waals surface area contributed by atoms with Gasteiger partial charge in [-0.3, -0.25) is 5.43 Å². The topological polar surface area (TPSA) is 42.9 Å². The molecule has 0 unspecified atom stereocenters. The summed E-state index contributed by atoms with van der Waals surface area (Å²) in [5.74, 6) is 0.142. The van der Waals surface area contributed by atoms with Gasteiger partial charge in [-0.25, -0.2) is 0 Å². The first-order valence-electron chi connectivity index (χ1n) is 8.40. The van der Waals surface area contributed by atoms with Crippen molar-refractivity contribution in [2.45, 2.75) is 13.0 Å². The van der Waals surface area contributed by atoms with Crippen LogP contribution < -0.4 is 14.9 Å². The van der Waals surface area contributed by atoms with Crippen LogP contribution >= 0.6 is 0 Å². The van der Waals surface area contributed by atoms with Gasteiger partial charge in [-0.05, 0) is 42.0 Å². The molecule has 0 radical (unpaired) electrons. The van der Waals surface area contributed by atoms with Gasteiger partial charge in [0.25, 0.3) is 0 Å². The first-order valence-corrected chi connectivity index (χ1v) is 8.40. The number of ether oxygens (including phenoxy) is 2. The van der Waals surface area contributed by atoms with Crippen LogP contribution in [0.4, 0.5) is 18.9 Å². The summed E-state index contributed by atoms with van der Waals surface area (Å²) >= 11 is 0. The number of halogens is 3. The standard InChI is InChI=1S/C21H17F3N2O2/c22-21(23,24)28-20-12-10-19(11-13-20)27-15-17-7-5-4-6-16(17)14-25-26-18-8-2-1-3-9-18/h1-14,26H,15H2. The van der Waals surface area contributed by atoms with Gasteiger partial charge in [0, 0.05) is 5.56 Å². The molecule has 4 nitrogen and oxygen atoms in total. The van der Waals surface area contributed by atoms with E-state index in [1.807, 2.05) is 54.6 Å². The normalized spacial score (nSPS) is 11.4. The summed E-state index contributed by atoms with van der Waals surface area (Å²) in [6, 6.07) is 22.4. The van der Waals surface area contributed by atoms with Crippen LogP contribution in [-0.4, -0.2) is 12.6 Å². The van der Waals surface area contributed by atoms with Crippen molar-refractivity contribution in [1.82, 2.24) is 0 Å². The zero-order valence-corrected chi connectivity index (χ0v) is 14.7. The minimum atomic E-state index is -4.71. The largest absolute Gasteiger partial charge is 0.573 e. The first-order chi connectivity index (χ1) is 13.5. The number of hydrazone groups is 1. The van der Waals surface area contributed by atoms with Gasteiger partial charge in [0.2, 0.25) is 0 Å². The lowest BCUT2D eigenvalue weighted by Gasteiger charge is -2.11. The van der Waals surface area contributed by atoms with Crippen LogP contribution in [-0.2, 0) is 6.61 Å². The van der Waals surface area contributed by atoms with Crippen LogP contribution in [0.2, 0.25) is 0 Å². The molecule has 3 rings (SSSR count). The minimum absolute atomic E-state index is 0.243. The highest BCUT2D eigenvalue weighted by Crippen LogP contribution is 2.25. The maximum absolute atomic E-state index is 12.2. The van der Waals surface area contributed by atoms with Crippen molar-refractivity contribution in [3.8, 4) is 11.5 Å². The molecule has 3 aromatic rings. The molecule has 0 aliphatic heterocycles. The molecule has 0 heterocycles. The summed E-state index contributed by atoms with van der Waals surface area (Å²) in [7, 11) is 0. The van der Waals surface area contributed by atoms with Crippen molar-refractivity contribution < 1.29 is 22.6 Å². The molecular weight excluding hydrogens is 369 g/mol. The Hall–Kier alpha value is -3.48. The molecule has 1 N–H and O–H groups in total. The molecule has 0 aliphatic carbocycles. The lowest BCUT2D eigenvalue weighted by molar-refractivity contribution is -0.274. The van der Waals surface area contributed by atoms with E-state index >= 15 is 0 Å². The fourth-order valence-corrected chi connectivity index (χ4v) is 2.38. The lowest BCUT2D eigenvalue weighted by Crippen LogP contribution is -2.16. The van der Waals surface area contributed by atoms with E-state index in [0.717, 1.165) is 16.8 Å². The second-order valence-electron chi connectivity index (χ2n) is 5.74. The summed E-state index contributed by atoms with van der Waals surface area (Å²) in [6.07, 6.45) is -3.03. The van der Waals surface area contributed by atoms with Gasteiger partial charge in [-0.1, -0.05) is 42.5 Å². The molecule has 7 heteroatoms. The van der Waals surface area contributed by atoms with Gasteiger partial charge < -0.3 is 9.47 Å². The maximum Gasteiger partial charge on any atom is 0.573 e. The number of nitrogens with zero attached hydrogens (tertiary/aromatic N) is 1. The number of hydrogen-bond donors (Lipinski definition) is 1. The molecule has 0 saturated carbocycles. The molecule has 0 atom stereocenters. The van der Waals surface area contributed by atoms with Crippen LogP contribution in [0.25, 0.3) is 0 Å². The average Bonchev–Trinajstić information content (AvgIpc) is 2.68. The predicted molar refractivity (Wildman–Crippen MR) is 102 cm³/mol. The highest BCUT2D eigenvalue weighted by molar-refractivity contribution is 5.82. The van der Waals surface area contributed by atoms with Crippen molar-refractivity contribution in [2.24, 2.45) is 5.10 Å². The average molecular weight is 386 g/mol. The summed E-state index contributed by atoms with van der Waals surface area (Å²) in [4.78, 5) is 0. The fraction of sp³-hybridized carbons (Fsp3) is 0.0952. The van der Waals surface area contributed by atoms with Gasteiger partial charge in [0.15, 0.2) is 0 Å². The van der Waals surface area contributed by atoms with Gasteiger partial charge in [-0.2, -0.15) is 5.10 Å². The van der Waals surface area contributed by atoms with Crippen molar-refractivity contribution in [1.29, 1.82) is 0 Å². The van der Waals surface area contributed by atoms with Crippen LogP contribution in [0, 0.1) is 0 Å². The van der Waals surface area contributed by atoms with E-state index in [0.29, 0.717) is 5.75 Å². The van der Waals surface area contributed by atoms with E-state index in [-0.39, 0.29) is 12.4 Å². The molecule has 0 bridgehead atoms. The third kappa shape index (κ3) is 6.05. The maximum atomic E-state index is 12.2. The number of nitrogens with one attached hydrogen (secondary N) is 1. The van der Waals surface area contributed by atoms with Crippen LogP contribution in [0.3, 0.4) is 0 Å². The van der Waals surface area contributed by atoms with Crippen molar-refractivity contribution in [3.05, 3.63) is 90.0 Å². The van der Waals surface area contributed by atoms with E-state index in [4.69, 9.17) is 4.74 Å². The Labute approximate surface area is 160 Å². The summed E-state index contributed by atoms with van der Waals surface area (Å²) in [5.41, 5.74) is 5.56. The minimum Gasteiger partial charge on any atom is -0.489 e. The Morgan fingerprint density at radius 2 is 1.46 bits per heavy atom. The Bertz CT molecular complexity index is 911. The molecule has 0 saturated heterocycles. The molecular formula is C21H17F3N2O2. The van der Waals surface area contributed by atoms with Gasteiger partial charge in [0.05, 0.1) is 11.9 Å². The Morgan fingerprint density at radius 1 is 0.821 bits per heavy atom. The van der Waals surface area contributed by atoms with Crippen molar-refractivity contribution in [3.63, 3.8) is 0 Å². The first kappa shape index (κ1) is 19.3. The highest BCUT2D eigenvalue weighted by Gasteiger charge is 2.30. The monoisotopic (exact) mass is 386 g/mol. The number of benzene rings is 3. The number of alkyl halides is 3. The fourth-order valence-electron chi connectivity index (χ4n) is 2.38. The number of rotatable bonds is 7. The predicted octanol–water partition coefficient (Wildman–Crippen LogP) is 5.61. The van der Waals surface area contributed by atoms with E-state index in [1.54, 1.807) is 6.21 Å². The van der Waals surface area contributed by atoms with E-state index < -0.39 is 6.36 Å². The van der Waals surface area contributed by atoms with Crippen LogP contribution in [0.15, 0.2) is 84.0 Å². The van der Waals surface area contributed by atoms with E-state index in [1.165, 1.54) is 24.3 Å². The SMILES string of the molecule is FC(F)(F)Oc1ccc(OCc2ccccc2C=NNc2ccccc2)cc1. The van der Waals surface area contributed by atoms with E-state index in [9.17, 15) is 13.2 Å². The summed E-state index contributed by atoms with van der Waals surface area (Å²) in [6.45, 7) is 0.243. The molecule has 0 aromatic heterocycles. The smallest absolute Gasteiger partial charge is 0.489 e. The highest BCUT2D eigenvalue weighted by atomic mass is 19.4. The van der Waals surface area contributed by atoms with Gasteiger partial charge in [-0.15, -0.1) is 13.2 Å². The lowest BCUT2D eigenvalue weighted by atomic mass is 10.1. The Balaban J connectivity index is 1.60.